The van der Waals surface area contributed by atoms with E-state index in [4.69, 9.17) is 29.1 Å². The predicted molar refractivity (Wildman–Crippen MR) is 270 cm³/mol. The molecule has 382 valence electrons. The van der Waals surface area contributed by atoms with Crippen LogP contribution in [0.15, 0.2) is 42.5 Å². The van der Waals surface area contributed by atoms with Crippen LogP contribution in [0, 0.1) is 24.7 Å². The molecule has 6 aliphatic rings. The number of methoxy groups -OCH3 is 2. The minimum Gasteiger partial charge on any atom is -0.444 e. The Morgan fingerprint density at radius 1 is 0.667 bits per heavy atom. The van der Waals surface area contributed by atoms with Crippen LogP contribution in [0.1, 0.15) is 123 Å². The van der Waals surface area contributed by atoms with Gasteiger partial charge in [0.05, 0.1) is 23.2 Å². The van der Waals surface area contributed by atoms with E-state index in [1.54, 1.807) is 14.2 Å². The van der Waals surface area contributed by atoms with Crippen molar-refractivity contribution in [2.24, 2.45) is 10.8 Å². The molecule has 16 heteroatoms. The smallest absolute Gasteiger partial charge is 0.410 e. The zero-order valence-corrected chi connectivity index (χ0v) is 44.1. The molecule has 2 spiro atoms. The van der Waals surface area contributed by atoms with Gasteiger partial charge in [0.1, 0.15) is 11.2 Å². The molecule has 2 aliphatic carbocycles. The summed E-state index contributed by atoms with van der Waals surface area (Å²) in [5.74, 6) is 2.15. The zero-order valence-electron chi connectivity index (χ0n) is 44.1. The summed E-state index contributed by atoms with van der Waals surface area (Å²) in [6.07, 6.45) is 5.84. The molecule has 4 saturated heterocycles. The Labute approximate surface area is 412 Å². The van der Waals surface area contributed by atoms with Gasteiger partial charge in [-0.05, 0) is 113 Å². The van der Waals surface area contributed by atoms with E-state index in [2.05, 4.69) is 99.5 Å². The fraction of sp³-hybridized carbons (Fsp3) is 0.736. The fourth-order valence-electron chi connectivity index (χ4n) is 12.0. The summed E-state index contributed by atoms with van der Waals surface area (Å²) in [5, 5.41) is 13.8. The van der Waals surface area contributed by atoms with Gasteiger partial charge in [0.15, 0.2) is 11.6 Å². The summed E-state index contributed by atoms with van der Waals surface area (Å²) >= 11 is 0. The number of amides is 2. The maximum Gasteiger partial charge on any atom is 0.410 e. The average Bonchev–Trinajstić information content (AvgIpc) is 3.78. The van der Waals surface area contributed by atoms with Crippen molar-refractivity contribution in [3.8, 4) is 0 Å². The number of hydrogen-bond donors (Lipinski definition) is 1. The molecule has 0 unspecified atom stereocenters. The molecule has 9 rings (SSSR count). The lowest BCUT2D eigenvalue weighted by Crippen LogP contribution is -2.64. The lowest BCUT2D eigenvalue weighted by molar-refractivity contribution is -0.0931. The van der Waals surface area contributed by atoms with E-state index < -0.39 is 11.2 Å². The summed E-state index contributed by atoms with van der Waals surface area (Å²) in [7, 11) is 3.55. The topological polar surface area (TPSA) is 135 Å². The molecule has 0 bridgehead atoms. The number of aromatic nitrogens is 4. The number of piperazine rings is 2. The van der Waals surface area contributed by atoms with Crippen molar-refractivity contribution in [1.82, 2.24) is 39.6 Å². The molecule has 16 nitrogen and oxygen atoms in total. The van der Waals surface area contributed by atoms with Gasteiger partial charge in [-0.1, -0.05) is 30.3 Å². The Kier molecular flexibility index (Phi) is 14.5. The van der Waals surface area contributed by atoms with Gasteiger partial charge in [-0.15, -0.1) is 0 Å². The second kappa shape index (κ2) is 19.7. The van der Waals surface area contributed by atoms with Crippen LogP contribution < -0.4 is 15.1 Å². The molecule has 6 heterocycles. The second-order valence-corrected chi connectivity index (χ2v) is 24.1. The second-order valence-electron chi connectivity index (χ2n) is 24.1. The zero-order chi connectivity index (χ0) is 49.6. The molecule has 4 aliphatic heterocycles. The number of nitrogens with zero attached hydrogens (tertiary/aromatic N) is 9. The average molecular weight is 957 g/mol. The van der Waals surface area contributed by atoms with E-state index in [0.717, 1.165) is 135 Å². The highest BCUT2D eigenvalue weighted by molar-refractivity contribution is 5.70. The van der Waals surface area contributed by atoms with Crippen molar-refractivity contribution in [1.29, 1.82) is 0 Å². The summed E-state index contributed by atoms with van der Waals surface area (Å²) in [4.78, 5) is 35.9. The molecule has 2 atom stereocenters. The van der Waals surface area contributed by atoms with Gasteiger partial charge in [-0.3, -0.25) is 14.3 Å². The Bertz CT molecular complexity index is 2220. The van der Waals surface area contributed by atoms with Crippen molar-refractivity contribution in [3.05, 3.63) is 59.4 Å². The number of likely N-dealkylation sites (tertiary alicyclic amines) is 2. The highest BCUT2D eigenvalue weighted by atomic mass is 16.6. The number of hydrogen-bond acceptors (Lipinski definition) is 12. The first kappa shape index (κ1) is 51.0. The van der Waals surface area contributed by atoms with Crippen molar-refractivity contribution in [3.63, 3.8) is 0 Å². The van der Waals surface area contributed by atoms with Gasteiger partial charge < -0.3 is 43.9 Å². The maximum absolute atomic E-state index is 12.4. The van der Waals surface area contributed by atoms with Crippen LogP contribution >= 0.6 is 0 Å². The monoisotopic (exact) mass is 957 g/mol. The number of benzene rings is 1. The number of carbonyl (C=O) groups is 2. The highest BCUT2D eigenvalue weighted by Gasteiger charge is 2.57. The Balaban J connectivity index is 0.000000190. The Hall–Kier alpha value is -4.38. The molecule has 1 aromatic carbocycles. The van der Waals surface area contributed by atoms with E-state index in [9.17, 15) is 9.59 Å². The van der Waals surface area contributed by atoms with Crippen molar-refractivity contribution in [2.75, 3.05) is 103 Å². The third-order valence-electron chi connectivity index (χ3n) is 15.6. The minimum atomic E-state index is -0.449. The Morgan fingerprint density at radius 2 is 1.13 bits per heavy atom. The number of anilines is 2. The van der Waals surface area contributed by atoms with Gasteiger partial charge in [0.25, 0.3) is 0 Å². The molecule has 0 radical (unpaired) electrons. The lowest BCUT2D eigenvalue weighted by Gasteiger charge is -2.58. The number of aryl methyl sites for hydroxylation is 2. The summed E-state index contributed by atoms with van der Waals surface area (Å²) in [6.45, 7) is 31.9. The number of carbonyl (C=O) groups excluding carboxylic acids is 2. The first-order chi connectivity index (χ1) is 32.5. The first-order valence-electron chi connectivity index (χ1n) is 25.6. The SMILES string of the molecule is COCC[C@@]1(C)CN(Cc2ccccc2)CCN1c1cc(C)n(C2CC3(C2)CN(C(=O)OC(C)(C)C)C3)n1.COCC[C@@]1(C)CNCCN1c1cc(C)n(C2CC3(C2)CN(C(=O)OC(C)(C)C)C3)n1. The summed E-state index contributed by atoms with van der Waals surface area (Å²) < 4.78 is 26.4. The van der Waals surface area contributed by atoms with Crippen molar-refractivity contribution >= 4 is 23.8 Å². The largest absolute Gasteiger partial charge is 0.444 e. The van der Waals surface area contributed by atoms with Crippen LogP contribution in [0.2, 0.25) is 0 Å². The number of ether oxygens (including phenoxy) is 4. The highest BCUT2D eigenvalue weighted by Crippen LogP contribution is 2.56. The first-order valence-corrected chi connectivity index (χ1v) is 25.6. The van der Waals surface area contributed by atoms with E-state index in [1.807, 2.05) is 51.3 Å². The third-order valence-corrected chi connectivity index (χ3v) is 15.6. The van der Waals surface area contributed by atoms with Crippen molar-refractivity contribution < 1.29 is 28.5 Å². The van der Waals surface area contributed by atoms with E-state index in [0.29, 0.717) is 12.1 Å². The minimum absolute atomic E-state index is 0.00259. The quantitative estimate of drug-likeness (QED) is 0.190. The molecule has 69 heavy (non-hydrogen) atoms. The molecular formula is C53H84N10O6. The fourth-order valence-corrected chi connectivity index (χ4v) is 12.0. The van der Waals surface area contributed by atoms with Crippen LogP contribution in [0.25, 0.3) is 0 Å². The van der Waals surface area contributed by atoms with E-state index >= 15 is 0 Å². The molecule has 6 fully saturated rings. The van der Waals surface area contributed by atoms with Gasteiger partial charge in [-0.25, -0.2) is 9.59 Å². The standard InChI is InChI=1S/C30H45N5O3.C23H39N5O3/c1-23-16-26(31-35(23)25-17-30(18-25)21-33(22-30)27(36)38-28(2,3)4)34-14-13-32(19-24-10-8-7-9-11-24)20-29(34,5)12-15-37-6;1-17-11-19(27-9-8-24-14-22(27,5)7-10-30-6)25-28(17)18-12-23(13-18)15-26(16-23)20(29)31-21(2,3)4/h7-11,16,25H,12-15,17-22H2,1-6H3;11,18,24H,7-10,12-16H2,1-6H3/t29-;22-/m00/s1. The maximum atomic E-state index is 12.4. The normalized spacial score (nSPS) is 25.6. The number of rotatable bonds is 12. The van der Waals surface area contributed by atoms with Crippen LogP contribution in [-0.2, 0) is 25.5 Å². The summed E-state index contributed by atoms with van der Waals surface area (Å²) in [6, 6.07) is 16.1. The summed E-state index contributed by atoms with van der Waals surface area (Å²) in [5.41, 5.74) is 3.32. The molecule has 1 N–H and O–H groups in total. The van der Waals surface area contributed by atoms with Gasteiger partial charge >= 0.3 is 12.2 Å². The van der Waals surface area contributed by atoms with E-state index in [-0.39, 0.29) is 34.1 Å². The van der Waals surface area contributed by atoms with Crippen molar-refractivity contribution in [2.45, 2.75) is 149 Å². The number of nitrogens with one attached hydrogen (secondary N) is 1. The van der Waals surface area contributed by atoms with Crippen LogP contribution in [0.4, 0.5) is 21.2 Å². The van der Waals surface area contributed by atoms with Crippen LogP contribution in [0.5, 0.6) is 0 Å². The predicted octanol–water partition coefficient (Wildman–Crippen LogP) is 7.85. The van der Waals surface area contributed by atoms with Gasteiger partial charge in [-0.2, -0.15) is 10.2 Å². The molecule has 3 aromatic rings. The molecule has 2 amide bonds. The molecular weight excluding hydrogens is 873 g/mol. The van der Waals surface area contributed by atoms with Gasteiger partial charge in [0.2, 0.25) is 0 Å². The lowest BCUT2D eigenvalue weighted by atomic mass is 9.61. The molecule has 2 saturated carbocycles. The third kappa shape index (κ3) is 11.4. The van der Waals surface area contributed by atoms with Crippen LogP contribution in [-0.4, -0.2) is 162 Å². The molecule has 2 aromatic heterocycles. The van der Waals surface area contributed by atoms with Crippen LogP contribution in [0.3, 0.4) is 0 Å². The van der Waals surface area contributed by atoms with E-state index in [1.165, 1.54) is 17.0 Å². The van der Waals surface area contributed by atoms with Gasteiger partial charge in [0, 0.05) is 134 Å². The Morgan fingerprint density at radius 3 is 1.59 bits per heavy atom.